The Kier molecular flexibility index (Phi) is 8.68. The Bertz CT molecular complexity index is 601. The summed E-state index contributed by atoms with van der Waals surface area (Å²) in [6, 6.07) is -0.266. The summed E-state index contributed by atoms with van der Waals surface area (Å²) < 4.78 is 39.3. The number of hydrogen-bond donors (Lipinski definition) is 1. The quantitative estimate of drug-likeness (QED) is 0.537. The fraction of sp³-hybridized carbons (Fsp3) is 0.947. The van der Waals surface area contributed by atoms with Crippen LogP contribution in [0.1, 0.15) is 54.4 Å². The number of hydrogen-bond acceptors (Lipinski definition) is 9. The van der Waals surface area contributed by atoms with E-state index in [0.29, 0.717) is 12.8 Å². The molecule has 1 aliphatic heterocycles. The summed E-state index contributed by atoms with van der Waals surface area (Å²) in [5.41, 5.74) is 6.20. The van der Waals surface area contributed by atoms with Crippen LogP contribution in [0.4, 0.5) is 0 Å². The highest BCUT2D eigenvalue weighted by atomic mass is 31.2. The van der Waals surface area contributed by atoms with Gasteiger partial charge in [0.15, 0.2) is 6.10 Å². The Hall–Kier alpha value is -0.540. The van der Waals surface area contributed by atoms with Gasteiger partial charge < -0.3 is 33.9 Å². The van der Waals surface area contributed by atoms with E-state index in [1.807, 2.05) is 34.6 Å². The molecule has 8 atom stereocenters. The largest absolute Gasteiger partial charge is 0.746 e. The first-order valence-corrected chi connectivity index (χ1v) is 11.8. The number of phosphoric acid groups is 1. The van der Waals surface area contributed by atoms with Gasteiger partial charge >= 0.3 is 13.8 Å². The van der Waals surface area contributed by atoms with Crippen molar-refractivity contribution >= 4 is 13.8 Å². The van der Waals surface area contributed by atoms with E-state index < -0.39 is 32.1 Å². The number of ether oxygens (including phenoxy) is 3. The van der Waals surface area contributed by atoms with Gasteiger partial charge in [-0.15, -0.1) is 0 Å². The third-order valence-electron chi connectivity index (χ3n) is 5.28. The summed E-state index contributed by atoms with van der Waals surface area (Å²) in [5, 5.41) is 0. The molecule has 0 bridgehead atoms. The van der Waals surface area contributed by atoms with Crippen LogP contribution >= 0.6 is 7.82 Å². The first-order chi connectivity index (χ1) is 13.4. The van der Waals surface area contributed by atoms with Crippen LogP contribution in [0.3, 0.4) is 0 Å². The molecule has 2 N–H and O–H groups in total. The second-order valence-corrected chi connectivity index (χ2v) is 9.95. The van der Waals surface area contributed by atoms with E-state index in [2.05, 4.69) is 0 Å². The molecule has 0 radical (unpaired) electrons. The minimum absolute atomic E-state index is 0.0185. The van der Waals surface area contributed by atoms with E-state index in [4.69, 9.17) is 29.0 Å². The van der Waals surface area contributed by atoms with Crippen LogP contribution in [0.15, 0.2) is 0 Å². The van der Waals surface area contributed by atoms with Crippen molar-refractivity contribution in [2.24, 2.45) is 17.6 Å². The maximum atomic E-state index is 12.5. The lowest BCUT2D eigenvalue weighted by Crippen LogP contribution is -2.38. The molecule has 2 fully saturated rings. The van der Waals surface area contributed by atoms with Crippen LogP contribution < -0.4 is 10.6 Å². The normalized spacial score (nSPS) is 37.2. The Balaban J connectivity index is 2.00. The fourth-order valence-electron chi connectivity index (χ4n) is 3.89. The molecule has 1 saturated carbocycles. The van der Waals surface area contributed by atoms with Crippen molar-refractivity contribution < 1.29 is 37.5 Å². The predicted molar refractivity (Wildman–Crippen MR) is 104 cm³/mol. The fourth-order valence-corrected chi connectivity index (χ4v) is 4.83. The van der Waals surface area contributed by atoms with Gasteiger partial charge in [0.2, 0.25) is 0 Å². The molecule has 4 unspecified atom stereocenters. The van der Waals surface area contributed by atoms with E-state index in [0.717, 1.165) is 0 Å². The average Bonchev–Trinajstić information content (AvgIpc) is 3.04. The van der Waals surface area contributed by atoms with Crippen LogP contribution in [-0.2, 0) is 32.6 Å². The molecule has 2 rings (SSSR count). The number of phosphoric ester groups is 1. The van der Waals surface area contributed by atoms with Crippen LogP contribution in [0.2, 0.25) is 0 Å². The maximum Gasteiger partial charge on any atom is 0.343 e. The van der Waals surface area contributed by atoms with Gasteiger partial charge in [-0.2, -0.15) is 0 Å². The highest BCUT2D eigenvalue weighted by Crippen LogP contribution is 2.47. The number of carbonyl (C=O) groups is 1. The molecule has 0 aromatic rings. The first kappa shape index (κ1) is 24.7. The molecule has 1 heterocycles. The molecular weight excluding hydrogens is 401 g/mol. The second-order valence-electron chi connectivity index (χ2n) is 8.66. The van der Waals surface area contributed by atoms with Crippen LogP contribution in [0.25, 0.3) is 0 Å². The summed E-state index contributed by atoms with van der Waals surface area (Å²) in [5.74, 6) is -1.28. The van der Waals surface area contributed by atoms with E-state index in [9.17, 15) is 14.3 Å². The number of nitrogens with two attached hydrogens (primary N) is 1. The van der Waals surface area contributed by atoms with Crippen LogP contribution in [0.5, 0.6) is 0 Å². The summed E-state index contributed by atoms with van der Waals surface area (Å²) in [6.45, 7) is 11.4. The van der Waals surface area contributed by atoms with Gasteiger partial charge in [0.05, 0.1) is 37.1 Å². The van der Waals surface area contributed by atoms with E-state index in [-0.39, 0.29) is 42.8 Å². The third-order valence-corrected chi connectivity index (χ3v) is 6.21. The zero-order valence-corrected chi connectivity index (χ0v) is 19.0. The van der Waals surface area contributed by atoms with Gasteiger partial charge in [-0.05, 0) is 47.0 Å². The first-order valence-electron chi connectivity index (χ1n) is 10.3. The Morgan fingerprint density at radius 1 is 1.17 bits per heavy atom. The molecule has 2 aliphatic rings. The minimum Gasteiger partial charge on any atom is -0.746 e. The molecule has 1 aliphatic carbocycles. The SMILES string of the molecule is CC(C)OC[C@@H]1C(OP(=O)([O-])OC(=O)[C@H]2O[C@@H](C)CC2OC(C)C)C[C@H](C)C1N. The van der Waals surface area contributed by atoms with Crippen molar-refractivity contribution in [1.29, 1.82) is 0 Å². The van der Waals surface area contributed by atoms with Crippen molar-refractivity contribution in [2.45, 2.75) is 97.0 Å². The zero-order chi connectivity index (χ0) is 21.9. The van der Waals surface area contributed by atoms with E-state index in [1.165, 1.54) is 0 Å². The molecule has 29 heavy (non-hydrogen) atoms. The average molecular weight is 436 g/mol. The molecule has 1 saturated heterocycles. The van der Waals surface area contributed by atoms with Gasteiger partial charge in [-0.1, -0.05) is 6.92 Å². The summed E-state index contributed by atoms with van der Waals surface area (Å²) in [6.07, 6.45) is -1.86. The molecule has 9 nitrogen and oxygen atoms in total. The lowest BCUT2D eigenvalue weighted by Gasteiger charge is -2.31. The molecule has 0 aromatic carbocycles. The summed E-state index contributed by atoms with van der Waals surface area (Å²) in [7, 11) is -4.91. The summed E-state index contributed by atoms with van der Waals surface area (Å²) in [4.78, 5) is 24.9. The molecule has 0 spiro atoms. The van der Waals surface area contributed by atoms with E-state index in [1.54, 1.807) is 6.92 Å². The zero-order valence-electron chi connectivity index (χ0n) is 18.1. The molecule has 0 amide bonds. The highest BCUT2D eigenvalue weighted by molar-refractivity contribution is 7.46. The van der Waals surface area contributed by atoms with Crippen molar-refractivity contribution in [3.8, 4) is 0 Å². The Morgan fingerprint density at radius 3 is 2.41 bits per heavy atom. The standard InChI is InChI=1S/C19H36NO8P/c1-10(2)24-9-14-15(7-12(5)17(14)20)27-29(22,23)28-19(21)18-16(25-11(3)4)8-13(6)26-18/h10-18H,7-9,20H2,1-6H3,(H,22,23)/p-1/t12-,13-,14+,15?,16?,17?,18-/m0/s1. The molecule has 0 aromatic heterocycles. The lowest BCUT2D eigenvalue weighted by molar-refractivity contribution is -0.232. The second kappa shape index (κ2) is 10.2. The topological polar surface area (TPSA) is 129 Å². The van der Waals surface area contributed by atoms with Crippen LogP contribution in [0, 0.1) is 11.8 Å². The van der Waals surface area contributed by atoms with Gasteiger partial charge in [0.25, 0.3) is 0 Å². The van der Waals surface area contributed by atoms with Gasteiger partial charge in [0, 0.05) is 18.4 Å². The predicted octanol–water partition coefficient (Wildman–Crippen LogP) is 1.76. The molecule has 170 valence electrons. The van der Waals surface area contributed by atoms with Crippen LogP contribution in [-0.4, -0.2) is 55.2 Å². The Labute approximate surface area is 173 Å². The van der Waals surface area contributed by atoms with Gasteiger partial charge in [0.1, 0.15) is 0 Å². The molecular formula is C19H35NO8P-. The summed E-state index contributed by atoms with van der Waals surface area (Å²) >= 11 is 0. The smallest absolute Gasteiger partial charge is 0.343 e. The van der Waals surface area contributed by atoms with E-state index >= 15 is 0 Å². The Morgan fingerprint density at radius 2 is 1.83 bits per heavy atom. The van der Waals surface area contributed by atoms with Crippen molar-refractivity contribution in [3.63, 3.8) is 0 Å². The maximum absolute atomic E-state index is 12.5. The van der Waals surface area contributed by atoms with Gasteiger partial charge in [-0.25, -0.2) is 4.79 Å². The lowest BCUT2D eigenvalue weighted by atomic mass is 10.0. The van der Waals surface area contributed by atoms with Gasteiger partial charge in [-0.3, -0.25) is 4.57 Å². The highest BCUT2D eigenvalue weighted by Gasteiger charge is 2.44. The molecule has 10 heteroatoms. The number of carbonyl (C=O) groups excluding carboxylic acids is 1. The van der Waals surface area contributed by atoms with Crippen molar-refractivity contribution in [3.05, 3.63) is 0 Å². The van der Waals surface area contributed by atoms with Crippen molar-refractivity contribution in [1.82, 2.24) is 0 Å². The monoisotopic (exact) mass is 436 g/mol. The number of rotatable bonds is 9. The third kappa shape index (κ3) is 6.99. The van der Waals surface area contributed by atoms with Crippen molar-refractivity contribution in [2.75, 3.05) is 6.61 Å². The minimum atomic E-state index is -4.91.